The van der Waals surface area contributed by atoms with Gasteiger partial charge in [-0.3, -0.25) is 4.79 Å². The Morgan fingerprint density at radius 3 is 2.42 bits per heavy atom. The molecule has 6 nitrogen and oxygen atoms in total. The largest absolute Gasteiger partial charge is 0.484 e. The van der Waals surface area contributed by atoms with Crippen LogP contribution >= 0.6 is 23.4 Å². The molecule has 1 aromatic heterocycles. The lowest BCUT2D eigenvalue weighted by atomic mass is 10.0. The van der Waals surface area contributed by atoms with Crippen LogP contribution in [-0.4, -0.2) is 21.9 Å². The van der Waals surface area contributed by atoms with Crippen molar-refractivity contribution in [3.8, 4) is 16.9 Å². The maximum atomic E-state index is 12.4. The number of carbonyl (C=O) groups is 1. The van der Waals surface area contributed by atoms with Gasteiger partial charge in [-0.25, -0.2) is 0 Å². The zero-order valence-electron chi connectivity index (χ0n) is 17.9. The lowest BCUT2D eigenvalue weighted by molar-refractivity contribution is -0.119. The second-order valence-electron chi connectivity index (χ2n) is 7.27. The zero-order chi connectivity index (χ0) is 23.0. The summed E-state index contributed by atoms with van der Waals surface area (Å²) >= 11 is 7.04. The van der Waals surface area contributed by atoms with Crippen LogP contribution in [0.3, 0.4) is 0 Å². The molecule has 0 saturated heterocycles. The Hall–Kier alpha value is -3.29. The van der Waals surface area contributed by atoms with Crippen LogP contribution in [0.5, 0.6) is 5.75 Å². The van der Waals surface area contributed by atoms with E-state index in [0.29, 0.717) is 21.9 Å². The summed E-state index contributed by atoms with van der Waals surface area (Å²) in [6.07, 6.45) is 0. The summed E-state index contributed by atoms with van der Waals surface area (Å²) in [4.78, 5) is 12.4. The summed E-state index contributed by atoms with van der Waals surface area (Å²) in [6.45, 7) is 2.09. The van der Waals surface area contributed by atoms with Gasteiger partial charge >= 0.3 is 0 Å². The third-order valence-electron chi connectivity index (χ3n) is 4.85. The van der Waals surface area contributed by atoms with Crippen molar-refractivity contribution >= 4 is 29.3 Å². The van der Waals surface area contributed by atoms with Crippen LogP contribution in [0, 0.1) is 0 Å². The Morgan fingerprint density at radius 1 is 1.00 bits per heavy atom. The van der Waals surface area contributed by atoms with Crippen molar-refractivity contribution in [3.63, 3.8) is 0 Å². The molecule has 1 unspecified atom stereocenters. The highest BCUT2D eigenvalue weighted by Crippen LogP contribution is 2.23. The molecule has 33 heavy (non-hydrogen) atoms. The number of hydrogen-bond donors (Lipinski definition) is 1. The van der Waals surface area contributed by atoms with Crippen molar-refractivity contribution in [2.75, 3.05) is 5.75 Å². The molecule has 8 heteroatoms. The molecule has 1 heterocycles. The molecule has 3 aromatic carbocycles. The molecule has 168 valence electrons. The first kappa shape index (κ1) is 22.9. The van der Waals surface area contributed by atoms with Crippen molar-refractivity contribution in [2.45, 2.75) is 24.8 Å². The van der Waals surface area contributed by atoms with Gasteiger partial charge in [-0.1, -0.05) is 78.0 Å². The van der Waals surface area contributed by atoms with Gasteiger partial charge in [0.2, 0.25) is 5.91 Å². The molecule has 1 atom stereocenters. The van der Waals surface area contributed by atoms with Crippen LogP contribution in [0.25, 0.3) is 11.1 Å². The third-order valence-corrected chi connectivity index (χ3v) is 5.92. The Kier molecular flexibility index (Phi) is 7.65. The van der Waals surface area contributed by atoms with Crippen LogP contribution in [0.15, 0.2) is 88.5 Å². The van der Waals surface area contributed by atoms with Gasteiger partial charge in [-0.2, -0.15) is 0 Å². The molecule has 0 aliphatic carbocycles. The molecular formula is C25H22ClN3O3S. The number of ether oxygens (including phenoxy) is 1. The van der Waals surface area contributed by atoms with E-state index in [-0.39, 0.29) is 24.3 Å². The van der Waals surface area contributed by atoms with Gasteiger partial charge in [-0.15, -0.1) is 10.2 Å². The number of benzene rings is 3. The lowest BCUT2D eigenvalue weighted by Crippen LogP contribution is -2.28. The molecule has 4 rings (SSSR count). The molecule has 0 radical (unpaired) electrons. The monoisotopic (exact) mass is 479 g/mol. The van der Waals surface area contributed by atoms with Crippen LogP contribution in [0.2, 0.25) is 5.02 Å². The van der Waals surface area contributed by atoms with E-state index in [1.807, 2.05) is 37.3 Å². The Balaban J connectivity index is 1.23. The van der Waals surface area contributed by atoms with E-state index in [2.05, 4.69) is 39.8 Å². The minimum atomic E-state index is -0.117. The second kappa shape index (κ2) is 11.0. The first-order valence-electron chi connectivity index (χ1n) is 10.3. The van der Waals surface area contributed by atoms with E-state index in [0.717, 1.165) is 16.7 Å². The first-order chi connectivity index (χ1) is 16.1. The number of rotatable bonds is 9. The van der Waals surface area contributed by atoms with Crippen LogP contribution in [0.4, 0.5) is 0 Å². The number of nitrogens with zero attached hydrogens (tertiary/aromatic N) is 2. The fraction of sp³-hybridized carbons (Fsp3) is 0.160. The van der Waals surface area contributed by atoms with Crippen molar-refractivity contribution in [1.29, 1.82) is 0 Å². The topological polar surface area (TPSA) is 77.2 Å². The van der Waals surface area contributed by atoms with Crippen molar-refractivity contribution in [2.24, 2.45) is 0 Å². The fourth-order valence-electron chi connectivity index (χ4n) is 3.12. The molecule has 4 aromatic rings. The Morgan fingerprint density at radius 2 is 1.70 bits per heavy atom. The number of carbonyl (C=O) groups excluding carboxylic acids is 1. The number of aromatic nitrogens is 2. The average molecular weight is 480 g/mol. The van der Waals surface area contributed by atoms with Gasteiger partial charge in [0.25, 0.3) is 11.1 Å². The van der Waals surface area contributed by atoms with E-state index in [9.17, 15) is 4.79 Å². The molecule has 0 saturated carbocycles. The first-order valence-corrected chi connectivity index (χ1v) is 11.7. The minimum absolute atomic E-state index is 0.114. The smallest absolute Gasteiger partial charge is 0.277 e. The SMILES string of the molecule is CC(NC(=O)CSc1nnc(COc2ccc(Cl)cc2)o1)c1ccc(-c2ccccc2)cc1. The predicted molar refractivity (Wildman–Crippen MR) is 129 cm³/mol. The van der Waals surface area contributed by atoms with Gasteiger partial charge in [0.05, 0.1) is 11.8 Å². The average Bonchev–Trinajstić information content (AvgIpc) is 3.31. The van der Waals surface area contributed by atoms with E-state index >= 15 is 0 Å². The van der Waals surface area contributed by atoms with E-state index in [1.54, 1.807) is 24.3 Å². The molecule has 0 aliphatic heterocycles. The molecule has 0 spiro atoms. The Bertz CT molecular complexity index is 1180. The minimum Gasteiger partial charge on any atom is -0.484 e. The normalized spacial score (nSPS) is 11.7. The summed E-state index contributed by atoms with van der Waals surface area (Å²) < 4.78 is 11.1. The molecule has 1 amide bonds. The van der Waals surface area contributed by atoms with E-state index < -0.39 is 0 Å². The highest BCUT2D eigenvalue weighted by atomic mass is 35.5. The number of halogens is 1. The van der Waals surface area contributed by atoms with Crippen LogP contribution in [-0.2, 0) is 11.4 Å². The van der Waals surface area contributed by atoms with E-state index in [1.165, 1.54) is 11.8 Å². The number of thioether (sulfide) groups is 1. The van der Waals surface area contributed by atoms with Crippen LogP contribution in [0.1, 0.15) is 24.4 Å². The van der Waals surface area contributed by atoms with Crippen molar-refractivity contribution < 1.29 is 13.9 Å². The van der Waals surface area contributed by atoms with Gasteiger partial charge < -0.3 is 14.5 Å². The highest BCUT2D eigenvalue weighted by molar-refractivity contribution is 7.99. The van der Waals surface area contributed by atoms with Gasteiger partial charge in [0, 0.05) is 5.02 Å². The summed E-state index contributed by atoms with van der Waals surface area (Å²) in [5, 5.41) is 11.9. The van der Waals surface area contributed by atoms with Crippen molar-refractivity contribution in [3.05, 3.63) is 95.3 Å². The predicted octanol–water partition coefficient (Wildman–Crippen LogP) is 5.94. The lowest BCUT2D eigenvalue weighted by Gasteiger charge is -2.14. The van der Waals surface area contributed by atoms with Crippen molar-refractivity contribution in [1.82, 2.24) is 15.5 Å². The van der Waals surface area contributed by atoms with E-state index in [4.69, 9.17) is 20.8 Å². The maximum Gasteiger partial charge on any atom is 0.277 e. The summed E-state index contributed by atoms with van der Waals surface area (Å²) in [7, 11) is 0. The zero-order valence-corrected chi connectivity index (χ0v) is 19.5. The van der Waals surface area contributed by atoms with Crippen LogP contribution < -0.4 is 10.1 Å². The molecular weight excluding hydrogens is 458 g/mol. The Labute approximate surface area is 201 Å². The number of hydrogen-bond acceptors (Lipinski definition) is 6. The molecule has 1 N–H and O–H groups in total. The quantitative estimate of drug-likeness (QED) is 0.299. The fourth-order valence-corrected chi connectivity index (χ4v) is 3.84. The van der Waals surface area contributed by atoms with Gasteiger partial charge in [0.1, 0.15) is 5.75 Å². The standard InChI is InChI=1S/C25H22ClN3O3S/c1-17(18-7-9-20(10-8-18)19-5-3-2-4-6-19)27-23(30)16-33-25-29-28-24(32-25)15-31-22-13-11-21(26)12-14-22/h2-14,17H,15-16H2,1H3,(H,27,30). The summed E-state index contributed by atoms with van der Waals surface area (Å²) in [6, 6.07) is 25.3. The maximum absolute atomic E-state index is 12.4. The van der Waals surface area contributed by atoms with Gasteiger partial charge in [0.15, 0.2) is 6.61 Å². The summed E-state index contributed by atoms with van der Waals surface area (Å²) in [5.41, 5.74) is 3.34. The highest BCUT2D eigenvalue weighted by Gasteiger charge is 2.13. The van der Waals surface area contributed by atoms with Gasteiger partial charge in [-0.05, 0) is 47.9 Å². The number of amides is 1. The molecule has 0 fully saturated rings. The molecule has 0 bridgehead atoms. The second-order valence-corrected chi connectivity index (χ2v) is 8.63. The summed E-state index contributed by atoms with van der Waals surface area (Å²) in [5.74, 6) is 1.04. The number of nitrogens with one attached hydrogen (secondary N) is 1. The molecule has 0 aliphatic rings. The third kappa shape index (κ3) is 6.60.